The monoisotopic (exact) mass is 385 g/mol. The predicted molar refractivity (Wildman–Crippen MR) is 109 cm³/mol. The van der Waals surface area contributed by atoms with Gasteiger partial charge in [0.15, 0.2) is 0 Å². The molecule has 1 saturated heterocycles. The molecule has 0 radical (unpaired) electrons. The number of piperazine rings is 1. The summed E-state index contributed by atoms with van der Waals surface area (Å²) >= 11 is 5.86. The summed E-state index contributed by atoms with van der Waals surface area (Å²) in [7, 11) is 0. The lowest BCUT2D eigenvalue weighted by atomic mass is 10.1. The first-order valence-corrected chi connectivity index (χ1v) is 9.60. The summed E-state index contributed by atoms with van der Waals surface area (Å²) in [6.45, 7) is 5.06. The topological polar surface area (TPSA) is 52.7 Å². The average Bonchev–Trinajstić information content (AvgIpc) is 2.70. The zero-order valence-electron chi connectivity index (χ0n) is 15.5. The molecule has 2 aromatic carbocycles. The van der Waals surface area contributed by atoms with E-state index in [2.05, 4.69) is 10.2 Å². The third-order valence-corrected chi connectivity index (χ3v) is 4.98. The molecule has 0 aliphatic carbocycles. The van der Waals surface area contributed by atoms with Crippen molar-refractivity contribution in [1.29, 1.82) is 0 Å². The third-order valence-electron chi connectivity index (χ3n) is 4.73. The van der Waals surface area contributed by atoms with Gasteiger partial charge in [0.2, 0.25) is 11.8 Å². The van der Waals surface area contributed by atoms with Gasteiger partial charge in [-0.05, 0) is 42.0 Å². The van der Waals surface area contributed by atoms with Crippen molar-refractivity contribution in [3.05, 3.63) is 59.1 Å². The quantitative estimate of drug-likeness (QED) is 0.855. The molecule has 0 bridgehead atoms. The van der Waals surface area contributed by atoms with Crippen molar-refractivity contribution in [2.24, 2.45) is 0 Å². The maximum atomic E-state index is 12.2. The zero-order chi connectivity index (χ0) is 19.2. The molecule has 1 fully saturated rings. The first kappa shape index (κ1) is 19.2. The zero-order valence-corrected chi connectivity index (χ0v) is 16.2. The second kappa shape index (κ2) is 8.91. The largest absolute Gasteiger partial charge is 0.368 e. The molecule has 2 amide bonds. The Hall–Kier alpha value is -2.53. The molecule has 27 heavy (non-hydrogen) atoms. The molecule has 0 unspecified atom stereocenters. The molecule has 2 aromatic rings. The Morgan fingerprint density at radius 1 is 0.963 bits per heavy atom. The van der Waals surface area contributed by atoms with E-state index in [1.54, 1.807) is 12.1 Å². The molecule has 1 aliphatic heterocycles. The van der Waals surface area contributed by atoms with E-state index >= 15 is 0 Å². The van der Waals surface area contributed by atoms with Crippen molar-refractivity contribution in [3.63, 3.8) is 0 Å². The van der Waals surface area contributed by atoms with Gasteiger partial charge in [0.1, 0.15) is 0 Å². The van der Waals surface area contributed by atoms with E-state index in [9.17, 15) is 9.59 Å². The summed E-state index contributed by atoms with van der Waals surface area (Å²) in [6, 6.07) is 15.1. The van der Waals surface area contributed by atoms with E-state index in [4.69, 9.17) is 11.6 Å². The van der Waals surface area contributed by atoms with Gasteiger partial charge in [-0.2, -0.15) is 0 Å². The highest BCUT2D eigenvalue weighted by Gasteiger charge is 2.20. The van der Waals surface area contributed by atoms with Gasteiger partial charge in [-0.1, -0.05) is 30.7 Å². The van der Waals surface area contributed by atoms with Crippen LogP contribution in [0.15, 0.2) is 48.5 Å². The number of anilines is 2. The van der Waals surface area contributed by atoms with Crippen LogP contribution in [0.5, 0.6) is 0 Å². The number of hydrogen-bond acceptors (Lipinski definition) is 3. The number of carbonyl (C=O) groups excluding carboxylic acids is 2. The molecule has 3 rings (SSSR count). The number of amides is 2. The predicted octanol–water partition coefficient (Wildman–Crippen LogP) is 3.58. The van der Waals surface area contributed by atoms with E-state index in [-0.39, 0.29) is 11.8 Å². The van der Waals surface area contributed by atoms with Crippen molar-refractivity contribution in [2.75, 3.05) is 36.4 Å². The second-order valence-electron chi connectivity index (χ2n) is 6.62. The molecule has 5 nitrogen and oxygen atoms in total. The number of rotatable bonds is 5. The molecule has 6 heteroatoms. The van der Waals surface area contributed by atoms with Crippen LogP contribution in [0.4, 0.5) is 11.4 Å². The highest BCUT2D eigenvalue weighted by atomic mass is 35.5. The molecular formula is C21H24ClN3O2. The van der Waals surface area contributed by atoms with Gasteiger partial charge in [-0.25, -0.2) is 0 Å². The number of nitrogens with zero attached hydrogens (tertiary/aromatic N) is 2. The maximum Gasteiger partial charge on any atom is 0.228 e. The number of halogens is 1. The SMILES string of the molecule is CCC(=O)N1CCN(c2ccc(NC(=O)Cc3ccc(Cl)cc3)cc2)CC1. The number of nitrogens with one attached hydrogen (secondary N) is 1. The molecule has 1 N–H and O–H groups in total. The summed E-state index contributed by atoms with van der Waals surface area (Å²) in [5, 5.41) is 3.58. The van der Waals surface area contributed by atoms with Crippen LogP contribution in [0.3, 0.4) is 0 Å². The molecular weight excluding hydrogens is 362 g/mol. The van der Waals surface area contributed by atoms with Gasteiger partial charge in [0.25, 0.3) is 0 Å². The minimum Gasteiger partial charge on any atom is -0.368 e. The summed E-state index contributed by atoms with van der Waals surface area (Å²) in [5.74, 6) is 0.158. The van der Waals surface area contributed by atoms with Crippen LogP contribution in [0.25, 0.3) is 0 Å². The first-order valence-electron chi connectivity index (χ1n) is 9.22. The van der Waals surface area contributed by atoms with Crippen LogP contribution in [0.1, 0.15) is 18.9 Å². The van der Waals surface area contributed by atoms with Crippen molar-refractivity contribution in [2.45, 2.75) is 19.8 Å². The lowest BCUT2D eigenvalue weighted by Crippen LogP contribution is -2.48. The van der Waals surface area contributed by atoms with Gasteiger partial charge >= 0.3 is 0 Å². The first-order chi connectivity index (χ1) is 13.0. The summed E-state index contributed by atoms with van der Waals surface area (Å²) in [4.78, 5) is 28.1. The highest BCUT2D eigenvalue weighted by molar-refractivity contribution is 6.30. The lowest BCUT2D eigenvalue weighted by Gasteiger charge is -2.36. The van der Waals surface area contributed by atoms with E-state index in [0.29, 0.717) is 17.9 Å². The average molecular weight is 386 g/mol. The fraction of sp³-hybridized carbons (Fsp3) is 0.333. The van der Waals surface area contributed by atoms with Crippen LogP contribution in [-0.2, 0) is 16.0 Å². The van der Waals surface area contributed by atoms with Gasteiger partial charge < -0.3 is 15.1 Å². The normalized spacial score (nSPS) is 14.1. The van der Waals surface area contributed by atoms with Crippen molar-refractivity contribution >= 4 is 34.8 Å². The molecule has 0 aromatic heterocycles. The van der Waals surface area contributed by atoms with Crippen LogP contribution in [-0.4, -0.2) is 42.9 Å². The molecule has 1 heterocycles. The Morgan fingerprint density at radius 2 is 1.59 bits per heavy atom. The molecule has 0 atom stereocenters. The Labute approximate surface area is 164 Å². The molecule has 142 valence electrons. The number of hydrogen-bond donors (Lipinski definition) is 1. The third kappa shape index (κ3) is 5.23. The van der Waals surface area contributed by atoms with Crippen molar-refractivity contribution in [1.82, 2.24) is 4.90 Å². The lowest BCUT2D eigenvalue weighted by molar-refractivity contribution is -0.131. The van der Waals surface area contributed by atoms with Crippen LogP contribution in [0.2, 0.25) is 5.02 Å². The van der Waals surface area contributed by atoms with Crippen LogP contribution >= 0.6 is 11.6 Å². The molecule has 1 aliphatic rings. The van der Waals surface area contributed by atoms with Gasteiger partial charge in [0.05, 0.1) is 6.42 Å². The minimum atomic E-state index is -0.0586. The molecule has 0 saturated carbocycles. The standard InChI is InChI=1S/C21H24ClN3O2/c1-2-21(27)25-13-11-24(12-14-25)19-9-7-18(8-10-19)23-20(26)15-16-3-5-17(22)6-4-16/h3-10H,2,11-15H2,1H3,(H,23,26). The fourth-order valence-electron chi connectivity index (χ4n) is 3.19. The van der Waals surface area contributed by atoms with E-state index in [1.165, 1.54) is 0 Å². The van der Waals surface area contributed by atoms with Gasteiger partial charge in [-0.15, -0.1) is 0 Å². The smallest absolute Gasteiger partial charge is 0.228 e. The van der Waals surface area contributed by atoms with E-state index in [0.717, 1.165) is 43.1 Å². The Kier molecular flexibility index (Phi) is 6.35. The fourth-order valence-corrected chi connectivity index (χ4v) is 3.31. The van der Waals surface area contributed by atoms with Gasteiger partial charge in [-0.3, -0.25) is 9.59 Å². The Bertz CT molecular complexity index is 782. The highest BCUT2D eigenvalue weighted by Crippen LogP contribution is 2.20. The van der Waals surface area contributed by atoms with Crippen molar-refractivity contribution in [3.8, 4) is 0 Å². The number of carbonyl (C=O) groups is 2. The second-order valence-corrected chi connectivity index (χ2v) is 7.06. The Balaban J connectivity index is 1.52. The van der Waals surface area contributed by atoms with E-state index in [1.807, 2.05) is 48.2 Å². The summed E-state index contributed by atoms with van der Waals surface area (Å²) in [6.07, 6.45) is 0.872. The summed E-state index contributed by atoms with van der Waals surface area (Å²) in [5.41, 5.74) is 2.81. The van der Waals surface area contributed by atoms with Gasteiger partial charge in [0, 0.05) is 49.0 Å². The summed E-state index contributed by atoms with van der Waals surface area (Å²) < 4.78 is 0. The number of benzene rings is 2. The molecule has 0 spiro atoms. The van der Waals surface area contributed by atoms with Crippen LogP contribution in [0, 0.1) is 0 Å². The Morgan fingerprint density at radius 3 is 2.19 bits per heavy atom. The van der Waals surface area contributed by atoms with Crippen LogP contribution < -0.4 is 10.2 Å². The van der Waals surface area contributed by atoms with E-state index < -0.39 is 0 Å². The maximum absolute atomic E-state index is 12.2. The van der Waals surface area contributed by atoms with Crippen molar-refractivity contribution < 1.29 is 9.59 Å². The minimum absolute atomic E-state index is 0.0586.